The number of halogens is 1. The van der Waals surface area contributed by atoms with E-state index in [1.165, 1.54) is 11.3 Å². The number of carbonyl (C=O) groups is 1. The summed E-state index contributed by atoms with van der Waals surface area (Å²) in [5.41, 5.74) is 1.09. The molecule has 5 heteroatoms. The van der Waals surface area contributed by atoms with Crippen molar-refractivity contribution in [2.45, 2.75) is 20.8 Å². The SMILES string of the molecule is Cc1cc(C(=O)NCCOCC(C)C)sc1Br. The van der Waals surface area contributed by atoms with Crippen LogP contribution in [0.3, 0.4) is 0 Å². The van der Waals surface area contributed by atoms with Crippen LogP contribution in [0.25, 0.3) is 0 Å². The number of thiophene rings is 1. The first-order chi connectivity index (χ1) is 8.00. The van der Waals surface area contributed by atoms with E-state index >= 15 is 0 Å². The van der Waals surface area contributed by atoms with Gasteiger partial charge in [-0.05, 0) is 40.4 Å². The van der Waals surface area contributed by atoms with E-state index < -0.39 is 0 Å². The maximum absolute atomic E-state index is 11.7. The average Bonchev–Trinajstić information content (AvgIpc) is 2.58. The molecule has 17 heavy (non-hydrogen) atoms. The molecular formula is C12H18BrNO2S. The van der Waals surface area contributed by atoms with Crippen LogP contribution < -0.4 is 5.32 Å². The van der Waals surface area contributed by atoms with Gasteiger partial charge in [0.15, 0.2) is 0 Å². The monoisotopic (exact) mass is 319 g/mol. The van der Waals surface area contributed by atoms with Gasteiger partial charge in [0.2, 0.25) is 0 Å². The molecule has 0 aliphatic carbocycles. The lowest BCUT2D eigenvalue weighted by atomic mass is 10.2. The fourth-order valence-corrected chi connectivity index (χ4v) is 2.67. The summed E-state index contributed by atoms with van der Waals surface area (Å²) in [6.45, 7) is 8.03. The van der Waals surface area contributed by atoms with Gasteiger partial charge in [-0.25, -0.2) is 0 Å². The molecule has 0 bridgehead atoms. The van der Waals surface area contributed by atoms with Gasteiger partial charge in [-0.15, -0.1) is 11.3 Å². The van der Waals surface area contributed by atoms with Gasteiger partial charge in [-0.1, -0.05) is 13.8 Å². The van der Waals surface area contributed by atoms with E-state index in [0.29, 0.717) is 19.1 Å². The van der Waals surface area contributed by atoms with Crippen LogP contribution >= 0.6 is 27.3 Å². The fourth-order valence-electron chi connectivity index (χ4n) is 1.21. The maximum atomic E-state index is 11.7. The number of aryl methyl sites for hydroxylation is 1. The van der Waals surface area contributed by atoms with Crippen LogP contribution in [0.2, 0.25) is 0 Å². The number of ether oxygens (including phenoxy) is 1. The van der Waals surface area contributed by atoms with Gasteiger partial charge in [-0.3, -0.25) is 4.79 Å². The number of nitrogens with one attached hydrogen (secondary N) is 1. The molecule has 0 aromatic carbocycles. The number of hydrogen-bond acceptors (Lipinski definition) is 3. The summed E-state index contributed by atoms with van der Waals surface area (Å²) in [7, 11) is 0. The van der Waals surface area contributed by atoms with Gasteiger partial charge in [0.1, 0.15) is 0 Å². The lowest BCUT2D eigenvalue weighted by Crippen LogP contribution is -2.27. The molecular weight excluding hydrogens is 302 g/mol. The number of carbonyl (C=O) groups excluding carboxylic acids is 1. The standard InChI is InChI=1S/C12H18BrNO2S/c1-8(2)7-16-5-4-14-12(15)10-6-9(3)11(13)17-10/h6,8H,4-5,7H2,1-3H3,(H,14,15). The predicted octanol–water partition coefficient (Wildman–Crippen LogP) is 3.22. The minimum absolute atomic E-state index is 0.0306. The Hall–Kier alpha value is -0.390. The van der Waals surface area contributed by atoms with Gasteiger partial charge in [0.25, 0.3) is 5.91 Å². The first-order valence-corrected chi connectivity index (χ1v) is 7.23. The highest BCUT2D eigenvalue weighted by molar-refractivity contribution is 9.11. The topological polar surface area (TPSA) is 38.3 Å². The number of amides is 1. The molecule has 1 rings (SSSR count). The second-order valence-corrected chi connectivity index (χ2v) is 6.66. The Morgan fingerprint density at radius 3 is 2.82 bits per heavy atom. The summed E-state index contributed by atoms with van der Waals surface area (Å²) >= 11 is 4.86. The van der Waals surface area contributed by atoms with Crippen molar-refractivity contribution in [1.29, 1.82) is 0 Å². The normalized spacial score (nSPS) is 10.9. The molecule has 1 aromatic rings. The zero-order valence-electron chi connectivity index (χ0n) is 10.4. The molecule has 0 radical (unpaired) electrons. The Bertz CT molecular complexity index is 357. The summed E-state index contributed by atoms with van der Waals surface area (Å²) in [5.74, 6) is 0.499. The summed E-state index contributed by atoms with van der Waals surface area (Å²) in [6.07, 6.45) is 0. The molecule has 1 aromatic heterocycles. The summed E-state index contributed by atoms with van der Waals surface area (Å²) in [6, 6.07) is 1.89. The lowest BCUT2D eigenvalue weighted by molar-refractivity contribution is 0.0889. The Labute approximate surface area is 115 Å². The maximum Gasteiger partial charge on any atom is 0.261 e. The average molecular weight is 320 g/mol. The molecule has 0 aliphatic rings. The zero-order chi connectivity index (χ0) is 12.8. The molecule has 0 atom stereocenters. The van der Waals surface area contributed by atoms with E-state index in [2.05, 4.69) is 35.1 Å². The van der Waals surface area contributed by atoms with Crippen molar-refractivity contribution in [3.63, 3.8) is 0 Å². The Morgan fingerprint density at radius 2 is 2.29 bits per heavy atom. The van der Waals surface area contributed by atoms with Crippen molar-refractivity contribution >= 4 is 33.2 Å². The van der Waals surface area contributed by atoms with Crippen molar-refractivity contribution in [1.82, 2.24) is 5.32 Å². The van der Waals surface area contributed by atoms with Gasteiger partial charge >= 0.3 is 0 Å². The fraction of sp³-hybridized carbons (Fsp3) is 0.583. The molecule has 0 saturated carbocycles. The molecule has 0 fully saturated rings. The molecule has 0 unspecified atom stereocenters. The molecule has 96 valence electrons. The first kappa shape index (κ1) is 14.7. The minimum Gasteiger partial charge on any atom is -0.379 e. The molecule has 1 N–H and O–H groups in total. The highest BCUT2D eigenvalue weighted by Gasteiger charge is 2.10. The molecule has 1 amide bonds. The summed E-state index contributed by atoms with van der Waals surface area (Å²) < 4.78 is 6.40. The van der Waals surface area contributed by atoms with E-state index in [1.54, 1.807) is 0 Å². The van der Waals surface area contributed by atoms with Crippen molar-refractivity contribution in [3.8, 4) is 0 Å². The summed E-state index contributed by atoms with van der Waals surface area (Å²) in [5, 5.41) is 2.84. The third-order valence-electron chi connectivity index (χ3n) is 2.06. The Kier molecular flexibility index (Phi) is 6.16. The highest BCUT2D eigenvalue weighted by Crippen LogP contribution is 2.27. The van der Waals surface area contributed by atoms with Crippen LogP contribution in [0.4, 0.5) is 0 Å². The van der Waals surface area contributed by atoms with Crippen molar-refractivity contribution in [2.75, 3.05) is 19.8 Å². The van der Waals surface area contributed by atoms with E-state index in [9.17, 15) is 4.79 Å². The molecule has 0 saturated heterocycles. The van der Waals surface area contributed by atoms with Crippen LogP contribution in [0.5, 0.6) is 0 Å². The van der Waals surface area contributed by atoms with Gasteiger partial charge < -0.3 is 10.1 Å². The highest BCUT2D eigenvalue weighted by atomic mass is 79.9. The second-order valence-electron chi connectivity index (χ2n) is 4.29. The summed E-state index contributed by atoms with van der Waals surface area (Å²) in [4.78, 5) is 12.5. The van der Waals surface area contributed by atoms with Gasteiger partial charge in [-0.2, -0.15) is 0 Å². The Balaban J connectivity index is 2.26. The van der Waals surface area contributed by atoms with Gasteiger partial charge in [0, 0.05) is 13.2 Å². The zero-order valence-corrected chi connectivity index (χ0v) is 12.8. The molecule has 0 spiro atoms. The lowest BCUT2D eigenvalue weighted by Gasteiger charge is -2.07. The van der Waals surface area contributed by atoms with Gasteiger partial charge in [0.05, 0.1) is 15.3 Å². The van der Waals surface area contributed by atoms with Crippen LogP contribution in [-0.4, -0.2) is 25.7 Å². The smallest absolute Gasteiger partial charge is 0.261 e. The second kappa shape index (κ2) is 7.13. The number of hydrogen-bond donors (Lipinski definition) is 1. The van der Waals surface area contributed by atoms with E-state index in [0.717, 1.165) is 20.8 Å². The van der Waals surface area contributed by atoms with Crippen LogP contribution in [0, 0.1) is 12.8 Å². The quantitative estimate of drug-likeness (QED) is 0.817. The molecule has 3 nitrogen and oxygen atoms in total. The van der Waals surface area contributed by atoms with Crippen LogP contribution in [-0.2, 0) is 4.74 Å². The van der Waals surface area contributed by atoms with Crippen molar-refractivity contribution in [2.24, 2.45) is 5.92 Å². The van der Waals surface area contributed by atoms with E-state index in [1.807, 2.05) is 13.0 Å². The van der Waals surface area contributed by atoms with E-state index in [4.69, 9.17) is 4.74 Å². The van der Waals surface area contributed by atoms with E-state index in [-0.39, 0.29) is 5.91 Å². The first-order valence-electron chi connectivity index (χ1n) is 5.62. The number of rotatable bonds is 6. The van der Waals surface area contributed by atoms with Crippen LogP contribution in [0.15, 0.2) is 9.85 Å². The van der Waals surface area contributed by atoms with Crippen molar-refractivity contribution < 1.29 is 9.53 Å². The predicted molar refractivity (Wildman–Crippen MR) is 74.7 cm³/mol. The molecule has 0 aliphatic heterocycles. The third kappa shape index (κ3) is 5.19. The minimum atomic E-state index is -0.0306. The Morgan fingerprint density at radius 1 is 1.59 bits per heavy atom. The third-order valence-corrected chi connectivity index (χ3v) is 4.20. The van der Waals surface area contributed by atoms with Crippen molar-refractivity contribution in [3.05, 3.63) is 20.3 Å². The largest absolute Gasteiger partial charge is 0.379 e. The van der Waals surface area contributed by atoms with Crippen LogP contribution in [0.1, 0.15) is 29.1 Å². The molecule has 1 heterocycles.